The summed E-state index contributed by atoms with van der Waals surface area (Å²) < 4.78 is 5.78. The van der Waals surface area contributed by atoms with E-state index in [-0.39, 0.29) is 6.04 Å². The van der Waals surface area contributed by atoms with Crippen LogP contribution in [0.3, 0.4) is 0 Å². The van der Waals surface area contributed by atoms with Crippen LogP contribution >= 0.6 is 11.6 Å². The van der Waals surface area contributed by atoms with Crippen LogP contribution in [0.25, 0.3) is 0 Å². The zero-order valence-electron chi connectivity index (χ0n) is 11.2. The Balaban J connectivity index is 2.08. The molecular weight excluding hydrogens is 258 g/mol. The average molecular weight is 276 g/mol. The third-order valence-electron chi connectivity index (χ3n) is 2.85. The normalized spacial score (nSPS) is 12.2. The van der Waals surface area contributed by atoms with Crippen molar-refractivity contribution in [2.75, 3.05) is 0 Å². The van der Waals surface area contributed by atoms with E-state index in [0.29, 0.717) is 0 Å². The summed E-state index contributed by atoms with van der Waals surface area (Å²) in [7, 11) is 0. The van der Waals surface area contributed by atoms with Gasteiger partial charge in [0, 0.05) is 11.1 Å². The third-order valence-corrected chi connectivity index (χ3v) is 3.27. The molecule has 0 fully saturated rings. The Morgan fingerprint density at radius 1 is 1.11 bits per heavy atom. The van der Waals surface area contributed by atoms with Crippen molar-refractivity contribution in [3.63, 3.8) is 0 Å². The minimum absolute atomic E-state index is 0.172. The predicted octanol–water partition coefficient (Wildman–Crippen LogP) is 4.33. The SMILES string of the molecule is Cc1cc(Oc2ccc(CC(C)N)cc2)ccc1Cl. The molecule has 100 valence electrons. The van der Waals surface area contributed by atoms with E-state index in [1.807, 2.05) is 56.3 Å². The van der Waals surface area contributed by atoms with Gasteiger partial charge in [0.15, 0.2) is 0 Å². The van der Waals surface area contributed by atoms with Crippen LogP contribution in [-0.4, -0.2) is 6.04 Å². The van der Waals surface area contributed by atoms with Gasteiger partial charge in [0.1, 0.15) is 11.5 Å². The molecule has 0 aliphatic heterocycles. The van der Waals surface area contributed by atoms with Crippen LogP contribution in [0.4, 0.5) is 0 Å². The third kappa shape index (κ3) is 3.98. The highest BCUT2D eigenvalue weighted by Gasteiger charge is 2.02. The first kappa shape index (κ1) is 13.9. The Bertz CT molecular complexity index is 549. The van der Waals surface area contributed by atoms with Gasteiger partial charge >= 0.3 is 0 Å². The largest absolute Gasteiger partial charge is 0.457 e. The number of hydrogen-bond acceptors (Lipinski definition) is 2. The van der Waals surface area contributed by atoms with Gasteiger partial charge in [-0.15, -0.1) is 0 Å². The summed E-state index contributed by atoms with van der Waals surface area (Å²) >= 11 is 5.99. The molecule has 1 atom stereocenters. The molecule has 0 bridgehead atoms. The van der Waals surface area contributed by atoms with Crippen molar-refractivity contribution >= 4 is 11.6 Å². The Morgan fingerprint density at radius 2 is 1.74 bits per heavy atom. The monoisotopic (exact) mass is 275 g/mol. The van der Waals surface area contributed by atoms with Crippen molar-refractivity contribution < 1.29 is 4.74 Å². The van der Waals surface area contributed by atoms with Gasteiger partial charge in [-0.05, 0) is 61.7 Å². The first-order chi connectivity index (χ1) is 9.04. The van der Waals surface area contributed by atoms with Gasteiger partial charge in [-0.1, -0.05) is 23.7 Å². The van der Waals surface area contributed by atoms with Crippen molar-refractivity contribution in [1.82, 2.24) is 0 Å². The number of aryl methyl sites for hydroxylation is 1. The Hall–Kier alpha value is -1.51. The fourth-order valence-corrected chi connectivity index (χ4v) is 2.00. The summed E-state index contributed by atoms with van der Waals surface area (Å²) in [6.45, 7) is 3.96. The number of ether oxygens (including phenoxy) is 1. The number of nitrogens with two attached hydrogens (primary N) is 1. The molecule has 2 N–H and O–H groups in total. The Morgan fingerprint density at radius 3 is 2.32 bits per heavy atom. The smallest absolute Gasteiger partial charge is 0.127 e. The first-order valence-electron chi connectivity index (χ1n) is 6.33. The van der Waals surface area contributed by atoms with E-state index in [1.165, 1.54) is 5.56 Å². The van der Waals surface area contributed by atoms with E-state index in [0.717, 1.165) is 28.5 Å². The van der Waals surface area contributed by atoms with Crippen molar-refractivity contribution in [2.45, 2.75) is 26.3 Å². The highest BCUT2D eigenvalue weighted by atomic mass is 35.5. The van der Waals surface area contributed by atoms with E-state index >= 15 is 0 Å². The van der Waals surface area contributed by atoms with Crippen LogP contribution in [0, 0.1) is 6.92 Å². The molecule has 0 heterocycles. The quantitative estimate of drug-likeness (QED) is 0.901. The molecule has 0 saturated carbocycles. The Labute approximate surface area is 119 Å². The summed E-state index contributed by atoms with van der Waals surface area (Å²) in [5.74, 6) is 1.61. The lowest BCUT2D eigenvalue weighted by Crippen LogP contribution is -2.17. The summed E-state index contributed by atoms with van der Waals surface area (Å²) in [6.07, 6.45) is 0.875. The fourth-order valence-electron chi connectivity index (χ4n) is 1.88. The summed E-state index contributed by atoms with van der Waals surface area (Å²) in [4.78, 5) is 0. The van der Waals surface area contributed by atoms with Gasteiger partial charge in [-0.25, -0.2) is 0 Å². The minimum Gasteiger partial charge on any atom is -0.457 e. The van der Waals surface area contributed by atoms with E-state index in [1.54, 1.807) is 0 Å². The van der Waals surface area contributed by atoms with Gasteiger partial charge in [0.25, 0.3) is 0 Å². The molecule has 0 aromatic heterocycles. The molecule has 0 radical (unpaired) electrons. The molecule has 2 aromatic rings. The maximum Gasteiger partial charge on any atom is 0.127 e. The zero-order valence-corrected chi connectivity index (χ0v) is 11.9. The summed E-state index contributed by atoms with van der Waals surface area (Å²) in [6, 6.07) is 13.8. The lowest BCUT2D eigenvalue weighted by molar-refractivity contribution is 0.482. The molecule has 3 heteroatoms. The second-order valence-corrected chi connectivity index (χ2v) is 5.25. The maximum atomic E-state index is 5.99. The second-order valence-electron chi connectivity index (χ2n) is 4.84. The molecule has 2 rings (SSSR count). The molecule has 2 nitrogen and oxygen atoms in total. The van der Waals surface area contributed by atoms with Crippen LogP contribution < -0.4 is 10.5 Å². The predicted molar refractivity (Wildman–Crippen MR) is 80.1 cm³/mol. The number of halogens is 1. The van der Waals surface area contributed by atoms with Crippen molar-refractivity contribution in [3.8, 4) is 11.5 Å². The van der Waals surface area contributed by atoms with Crippen molar-refractivity contribution in [2.24, 2.45) is 5.73 Å². The molecule has 19 heavy (non-hydrogen) atoms. The van der Waals surface area contributed by atoms with Crippen molar-refractivity contribution in [1.29, 1.82) is 0 Å². The summed E-state index contributed by atoms with van der Waals surface area (Å²) in [5.41, 5.74) is 8.00. The van der Waals surface area contributed by atoms with E-state index in [2.05, 4.69) is 0 Å². The minimum atomic E-state index is 0.172. The molecular formula is C16H18ClNO. The van der Waals surface area contributed by atoms with Crippen LogP contribution in [0.1, 0.15) is 18.1 Å². The van der Waals surface area contributed by atoms with Crippen LogP contribution in [0.5, 0.6) is 11.5 Å². The molecule has 0 amide bonds. The second kappa shape index (κ2) is 6.09. The van der Waals surface area contributed by atoms with Gasteiger partial charge in [0.05, 0.1) is 0 Å². The average Bonchev–Trinajstić information content (AvgIpc) is 2.36. The topological polar surface area (TPSA) is 35.2 Å². The maximum absolute atomic E-state index is 5.99. The van der Waals surface area contributed by atoms with Crippen LogP contribution in [0.2, 0.25) is 5.02 Å². The molecule has 2 aromatic carbocycles. The lowest BCUT2D eigenvalue weighted by Gasteiger charge is -2.09. The molecule has 0 aliphatic carbocycles. The standard InChI is InChI=1S/C16H18ClNO/c1-11-9-15(7-8-16(11)17)19-14-5-3-13(4-6-14)10-12(2)18/h3-9,12H,10,18H2,1-2H3. The fraction of sp³-hybridized carbons (Fsp3) is 0.250. The van der Waals surface area contributed by atoms with Crippen molar-refractivity contribution in [3.05, 3.63) is 58.6 Å². The lowest BCUT2D eigenvalue weighted by atomic mass is 10.1. The van der Waals surface area contributed by atoms with Gasteiger partial charge in [0.2, 0.25) is 0 Å². The highest BCUT2D eigenvalue weighted by Crippen LogP contribution is 2.26. The summed E-state index contributed by atoms with van der Waals surface area (Å²) in [5, 5.41) is 0.750. The number of rotatable bonds is 4. The van der Waals surface area contributed by atoms with Crippen LogP contribution in [0.15, 0.2) is 42.5 Å². The van der Waals surface area contributed by atoms with E-state index < -0.39 is 0 Å². The van der Waals surface area contributed by atoms with Gasteiger partial charge < -0.3 is 10.5 Å². The number of hydrogen-bond donors (Lipinski definition) is 1. The molecule has 0 saturated heterocycles. The van der Waals surface area contributed by atoms with Gasteiger partial charge in [-0.3, -0.25) is 0 Å². The Kier molecular flexibility index (Phi) is 4.46. The number of benzene rings is 2. The molecule has 0 aliphatic rings. The zero-order chi connectivity index (χ0) is 13.8. The van der Waals surface area contributed by atoms with E-state index in [4.69, 9.17) is 22.1 Å². The van der Waals surface area contributed by atoms with E-state index in [9.17, 15) is 0 Å². The van der Waals surface area contributed by atoms with Crippen LogP contribution in [-0.2, 0) is 6.42 Å². The first-order valence-corrected chi connectivity index (χ1v) is 6.71. The molecule has 0 spiro atoms. The van der Waals surface area contributed by atoms with Gasteiger partial charge in [-0.2, -0.15) is 0 Å². The molecule has 1 unspecified atom stereocenters. The highest BCUT2D eigenvalue weighted by molar-refractivity contribution is 6.31.